The van der Waals surface area contributed by atoms with Crippen LogP contribution in [0.5, 0.6) is 17.2 Å². The molecule has 0 radical (unpaired) electrons. The molecule has 7 nitrogen and oxygen atoms in total. The minimum Gasteiger partial charge on any atom is -0.507 e. The summed E-state index contributed by atoms with van der Waals surface area (Å²) in [5.41, 5.74) is 1.53. The number of carbonyl (C=O) groups excluding carboxylic acids is 2. The van der Waals surface area contributed by atoms with Gasteiger partial charge >= 0.3 is 5.91 Å². The Bertz CT molecular complexity index is 1850. The van der Waals surface area contributed by atoms with Gasteiger partial charge in [-0.05, 0) is 66.6 Å². The van der Waals surface area contributed by atoms with E-state index in [1.807, 2.05) is 30.3 Å². The Labute approximate surface area is 257 Å². The number of aliphatic hydroxyl groups is 1. The second-order valence-electron chi connectivity index (χ2n) is 10.00. The van der Waals surface area contributed by atoms with Crippen LogP contribution in [0, 0.1) is 0 Å². The number of hydrogen-bond donors (Lipinski definition) is 1. The molecule has 1 aliphatic heterocycles. The Hall–Kier alpha value is -4.66. The molecule has 0 saturated carbocycles. The number of halogens is 1. The second-order valence-corrected chi connectivity index (χ2v) is 11.4. The largest absolute Gasteiger partial charge is 0.507 e. The molecule has 1 saturated heterocycles. The average molecular weight is 611 g/mol. The number of ketones is 1. The number of hydrogen-bond acceptors (Lipinski definition) is 7. The highest BCUT2D eigenvalue weighted by Gasteiger charge is 2.48. The Morgan fingerprint density at radius 2 is 1.70 bits per heavy atom. The van der Waals surface area contributed by atoms with E-state index < -0.39 is 17.7 Å². The van der Waals surface area contributed by atoms with Gasteiger partial charge in [0.1, 0.15) is 23.0 Å². The molecule has 5 aromatic rings. The highest BCUT2D eigenvalue weighted by atomic mass is 35.5. The standard InChI is InChI=1S/C34H27ClN2O5S/c1-2-3-17-41-25-13-8-10-22(19-25)31(38)29-30(21-9-7-14-26(18-21)42-24-11-5-4-6-12-24)37(33(40)32(29)39)34-36-27-16-15-23(35)20-28(27)43-34/h4-16,18-20,30,38H,2-3,17H2,1H3/b31-29+. The van der Waals surface area contributed by atoms with Gasteiger partial charge in [0.05, 0.1) is 28.4 Å². The smallest absolute Gasteiger partial charge is 0.301 e. The van der Waals surface area contributed by atoms with Gasteiger partial charge in [-0.25, -0.2) is 4.98 Å². The van der Waals surface area contributed by atoms with Gasteiger partial charge in [-0.15, -0.1) is 0 Å². The van der Waals surface area contributed by atoms with Gasteiger partial charge in [0.2, 0.25) is 0 Å². The first-order chi connectivity index (χ1) is 20.9. The van der Waals surface area contributed by atoms with Crippen molar-refractivity contribution in [1.82, 2.24) is 4.98 Å². The van der Waals surface area contributed by atoms with Crippen molar-refractivity contribution in [3.05, 3.63) is 119 Å². The molecule has 0 spiro atoms. The van der Waals surface area contributed by atoms with Gasteiger partial charge in [-0.3, -0.25) is 14.5 Å². The number of Topliss-reactive ketones (excluding diaryl/α,β-unsaturated/α-hetero) is 1. The van der Waals surface area contributed by atoms with Gasteiger partial charge in [-0.2, -0.15) is 0 Å². The quantitative estimate of drug-likeness (QED) is 0.0778. The minimum absolute atomic E-state index is 0.0511. The van der Waals surface area contributed by atoms with E-state index in [1.54, 1.807) is 66.7 Å². The molecule has 1 aliphatic rings. The molecule has 2 heterocycles. The maximum Gasteiger partial charge on any atom is 0.301 e. The van der Waals surface area contributed by atoms with E-state index in [0.717, 1.165) is 17.5 Å². The lowest BCUT2D eigenvalue weighted by molar-refractivity contribution is -0.132. The van der Waals surface area contributed by atoms with E-state index in [2.05, 4.69) is 11.9 Å². The van der Waals surface area contributed by atoms with Crippen LogP contribution in [0.4, 0.5) is 5.13 Å². The van der Waals surface area contributed by atoms with Crippen LogP contribution in [0.3, 0.4) is 0 Å². The van der Waals surface area contributed by atoms with Crippen molar-refractivity contribution in [3.8, 4) is 17.2 Å². The van der Waals surface area contributed by atoms with Gasteiger partial charge in [0.25, 0.3) is 5.78 Å². The predicted molar refractivity (Wildman–Crippen MR) is 169 cm³/mol. The summed E-state index contributed by atoms with van der Waals surface area (Å²) in [5, 5.41) is 12.5. The summed E-state index contributed by atoms with van der Waals surface area (Å²) in [7, 11) is 0. The van der Waals surface area contributed by atoms with Crippen LogP contribution in [-0.2, 0) is 9.59 Å². The molecule has 1 unspecified atom stereocenters. The number of ether oxygens (including phenoxy) is 2. The maximum absolute atomic E-state index is 13.7. The monoisotopic (exact) mass is 610 g/mol. The number of fused-ring (bicyclic) bond motifs is 1. The van der Waals surface area contributed by atoms with E-state index in [-0.39, 0.29) is 11.3 Å². The Kier molecular flexibility index (Phi) is 8.13. The van der Waals surface area contributed by atoms with E-state index in [1.165, 1.54) is 16.2 Å². The van der Waals surface area contributed by atoms with Crippen molar-refractivity contribution in [1.29, 1.82) is 0 Å². The zero-order chi connectivity index (χ0) is 29.9. The van der Waals surface area contributed by atoms with Crippen LogP contribution in [0.25, 0.3) is 16.0 Å². The fourth-order valence-corrected chi connectivity index (χ4v) is 6.20. The summed E-state index contributed by atoms with van der Waals surface area (Å²) >= 11 is 7.46. The molecule has 1 N–H and O–H groups in total. The lowest BCUT2D eigenvalue weighted by atomic mass is 9.95. The number of amides is 1. The van der Waals surface area contributed by atoms with Crippen LogP contribution >= 0.6 is 22.9 Å². The zero-order valence-corrected chi connectivity index (χ0v) is 24.8. The van der Waals surface area contributed by atoms with Crippen LogP contribution in [0.2, 0.25) is 5.02 Å². The number of carbonyl (C=O) groups is 2. The third-order valence-corrected chi connectivity index (χ3v) is 8.27. The molecule has 4 aromatic carbocycles. The molecule has 1 amide bonds. The Balaban J connectivity index is 1.48. The summed E-state index contributed by atoms with van der Waals surface area (Å²) in [4.78, 5) is 33.4. The number of para-hydroxylation sites is 1. The average Bonchev–Trinajstić information content (AvgIpc) is 3.55. The van der Waals surface area contributed by atoms with Crippen molar-refractivity contribution >= 4 is 55.7 Å². The van der Waals surface area contributed by atoms with Crippen LogP contribution in [0.1, 0.15) is 36.9 Å². The third-order valence-electron chi connectivity index (χ3n) is 7.02. The van der Waals surface area contributed by atoms with Crippen molar-refractivity contribution in [2.75, 3.05) is 11.5 Å². The second kappa shape index (κ2) is 12.3. The van der Waals surface area contributed by atoms with Crippen molar-refractivity contribution in [3.63, 3.8) is 0 Å². The first kappa shape index (κ1) is 28.5. The van der Waals surface area contributed by atoms with Crippen molar-refractivity contribution < 1.29 is 24.2 Å². The van der Waals surface area contributed by atoms with E-state index >= 15 is 0 Å². The molecule has 0 bridgehead atoms. The molecule has 0 aliphatic carbocycles. The lowest BCUT2D eigenvalue weighted by Gasteiger charge is -2.23. The molecule has 6 rings (SSSR count). The Morgan fingerprint density at radius 1 is 0.930 bits per heavy atom. The fraction of sp³-hybridized carbons (Fsp3) is 0.147. The summed E-state index contributed by atoms with van der Waals surface area (Å²) in [6.07, 6.45) is 1.87. The molecule has 1 atom stereocenters. The number of rotatable bonds is 9. The highest BCUT2D eigenvalue weighted by molar-refractivity contribution is 7.22. The molecule has 1 fully saturated rings. The topological polar surface area (TPSA) is 89.0 Å². The van der Waals surface area contributed by atoms with E-state index in [0.29, 0.717) is 50.7 Å². The number of anilines is 1. The molecule has 216 valence electrons. The van der Waals surface area contributed by atoms with Gasteiger partial charge < -0.3 is 14.6 Å². The SMILES string of the molecule is CCCCOc1cccc(/C(O)=C2\C(=O)C(=O)N(c3nc4ccc(Cl)cc4s3)C2c2cccc(Oc3ccccc3)c2)c1. The normalized spacial score (nSPS) is 16.1. The fourth-order valence-electron chi connectivity index (χ4n) is 4.93. The summed E-state index contributed by atoms with van der Waals surface area (Å²) in [6.45, 7) is 2.60. The summed E-state index contributed by atoms with van der Waals surface area (Å²) in [6, 6.07) is 27.6. The zero-order valence-electron chi connectivity index (χ0n) is 23.2. The van der Waals surface area contributed by atoms with Crippen LogP contribution < -0.4 is 14.4 Å². The maximum atomic E-state index is 13.7. The van der Waals surface area contributed by atoms with Gasteiger partial charge in [0.15, 0.2) is 5.13 Å². The number of thiazole rings is 1. The third kappa shape index (κ3) is 5.84. The molecule has 1 aromatic heterocycles. The number of aliphatic hydroxyl groups excluding tert-OH is 1. The minimum atomic E-state index is -0.972. The molecule has 9 heteroatoms. The van der Waals surface area contributed by atoms with E-state index in [4.69, 9.17) is 21.1 Å². The van der Waals surface area contributed by atoms with Gasteiger partial charge in [0, 0.05) is 10.6 Å². The number of aromatic nitrogens is 1. The number of unbranched alkanes of at least 4 members (excludes halogenated alkanes) is 1. The summed E-state index contributed by atoms with van der Waals surface area (Å²) in [5.74, 6) is -0.198. The first-order valence-corrected chi connectivity index (χ1v) is 15.1. The summed E-state index contributed by atoms with van der Waals surface area (Å²) < 4.78 is 12.7. The number of nitrogens with zero attached hydrogens (tertiary/aromatic N) is 2. The van der Waals surface area contributed by atoms with Crippen molar-refractivity contribution in [2.24, 2.45) is 0 Å². The molecule has 43 heavy (non-hydrogen) atoms. The first-order valence-electron chi connectivity index (χ1n) is 13.9. The highest BCUT2D eigenvalue weighted by Crippen LogP contribution is 2.45. The van der Waals surface area contributed by atoms with Gasteiger partial charge in [-0.1, -0.05) is 78.7 Å². The lowest BCUT2D eigenvalue weighted by Crippen LogP contribution is -2.29. The van der Waals surface area contributed by atoms with Crippen LogP contribution in [0.15, 0.2) is 103 Å². The van der Waals surface area contributed by atoms with Crippen LogP contribution in [-0.4, -0.2) is 28.4 Å². The Morgan fingerprint density at radius 3 is 2.51 bits per heavy atom. The molecular weight excluding hydrogens is 584 g/mol. The predicted octanol–water partition coefficient (Wildman–Crippen LogP) is 8.55. The van der Waals surface area contributed by atoms with E-state index in [9.17, 15) is 14.7 Å². The van der Waals surface area contributed by atoms with Crippen molar-refractivity contribution in [2.45, 2.75) is 25.8 Å². The number of benzene rings is 4. The molecular formula is C34H27ClN2O5S.